The molecule has 0 aliphatic carbocycles. The van der Waals surface area contributed by atoms with Crippen molar-refractivity contribution in [3.63, 3.8) is 0 Å². The van der Waals surface area contributed by atoms with E-state index in [4.69, 9.17) is 23.2 Å². The van der Waals surface area contributed by atoms with Crippen LogP contribution in [-0.2, 0) is 16.1 Å². The molecular formula is C23H28Cl2N2O2S. The summed E-state index contributed by atoms with van der Waals surface area (Å²) in [4.78, 5) is 28.7. The molecule has 1 N–H and O–H groups in total. The van der Waals surface area contributed by atoms with Gasteiger partial charge in [-0.2, -0.15) is 0 Å². The lowest BCUT2D eigenvalue weighted by molar-refractivity contribution is -0.141. The molecule has 0 fully saturated rings. The van der Waals surface area contributed by atoms with Crippen LogP contribution >= 0.6 is 35.0 Å². The topological polar surface area (TPSA) is 49.4 Å². The van der Waals surface area contributed by atoms with E-state index in [0.717, 1.165) is 11.3 Å². The molecule has 0 spiro atoms. The van der Waals surface area contributed by atoms with Gasteiger partial charge in [0.1, 0.15) is 6.04 Å². The number of thioether (sulfide) groups is 1. The van der Waals surface area contributed by atoms with Gasteiger partial charge in [-0.25, -0.2) is 0 Å². The van der Waals surface area contributed by atoms with Gasteiger partial charge in [-0.1, -0.05) is 61.3 Å². The highest BCUT2D eigenvalue weighted by molar-refractivity contribution is 7.99. The zero-order chi connectivity index (χ0) is 21.9. The van der Waals surface area contributed by atoms with Crippen LogP contribution in [-0.4, -0.2) is 35.1 Å². The minimum atomic E-state index is -0.571. The molecule has 4 nitrogen and oxygen atoms in total. The number of hydrogen-bond donors (Lipinski definition) is 1. The number of halogens is 2. The van der Waals surface area contributed by atoms with Gasteiger partial charge in [0, 0.05) is 45.8 Å². The Morgan fingerprint density at radius 3 is 2.30 bits per heavy atom. The Bertz CT molecular complexity index is 813. The summed E-state index contributed by atoms with van der Waals surface area (Å²) in [6.45, 7) is 4.68. The first kappa shape index (κ1) is 24.6. The lowest BCUT2D eigenvalue weighted by Crippen LogP contribution is -2.49. The summed E-state index contributed by atoms with van der Waals surface area (Å²) < 4.78 is 0. The Morgan fingerprint density at radius 1 is 1.03 bits per heavy atom. The Kier molecular flexibility index (Phi) is 10.6. The second kappa shape index (κ2) is 12.9. The molecular weight excluding hydrogens is 439 g/mol. The highest BCUT2D eigenvalue weighted by Gasteiger charge is 2.29. The van der Waals surface area contributed by atoms with E-state index in [9.17, 15) is 9.59 Å². The molecule has 2 amide bonds. The van der Waals surface area contributed by atoms with E-state index in [1.165, 1.54) is 0 Å². The van der Waals surface area contributed by atoms with Gasteiger partial charge in [0.25, 0.3) is 0 Å². The number of nitrogens with one attached hydrogen (secondary N) is 1. The van der Waals surface area contributed by atoms with Crippen LogP contribution < -0.4 is 5.32 Å². The van der Waals surface area contributed by atoms with Gasteiger partial charge in [-0.15, -0.1) is 11.8 Å². The average molecular weight is 467 g/mol. The van der Waals surface area contributed by atoms with Crippen molar-refractivity contribution in [1.29, 1.82) is 0 Å². The summed E-state index contributed by atoms with van der Waals surface area (Å²) in [6, 6.07) is 14.6. The van der Waals surface area contributed by atoms with Crippen LogP contribution in [0.1, 0.15) is 38.7 Å². The average Bonchev–Trinajstić information content (AvgIpc) is 2.74. The van der Waals surface area contributed by atoms with E-state index in [0.29, 0.717) is 40.7 Å². The Hall–Kier alpha value is -1.69. The first-order valence-corrected chi connectivity index (χ1v) is 11.9. The molecule has 7 heteroatoms. The number of amides is 2. The number of benzene rings is 2. The van der Waals surface area contributed by atoms with E-state index in [1.807, 2.05) is 44.2 Å². The molecule has 162 valence electrons. The molecule has 2 rings (SSSR count). The second-order valence-corrected chi connectivity index (χ2v) is 8.83. The highest BCUT2D eigenvalue weighted by Crippen LogP contribution is 2.27. The van der Waals surface area contributed by atoms with E-state index in [1.54, 1.807) is 34.9 Å². The molecule has 2 aromatic carbocycles. The van der Waals surface area contributed by atoms with E-state index in [-0.39, 0.29) is 18.4 Å². The Balaban J connectivity index is 2.18. The van der Waals surface area contributed by atoms with Gasteiger partial charge in [0.2, 0.25) is 11.8 Å². The van der Waals surface area contributed by atoms with Crippen LogP contribution in [0, 0.1) is 0 Å². The van der Waals surface area contributed by atoms with Crippen molar-refractivity contribution in [1.82, 2.24) is 10.2 Å². The van der Waals surface area contributed by atoms with Crippen molar-refractivity contribution >= 4 is 46.8 Å². The maximum Gasteiger partial charge on any atom is 0.242 e. The molecule has 0 aliphatic heterocycles. The SMILES string of the molecule is CCCNC(=O)C(CC)N(Cc1c(Cl)cccc1Cl)C(=O)CCSc1ccccc1. The van der Waals surface area contributed by atoms with Crippen molar-refractivity contribution in [2.45, 2.75) is 50.6 Å². The summed E-state index contributed by atoms with van der Waals surface area (Å²) in [5.74, 6) is 0.391. The number of hydrogen-bond acceptors (Lipinski definition) is 3. The molecule has 0 aliphatic rings. The number of carbonyl (C=O) groups excluding carboxylic acids is 2. The molecule has 0 radical (unpaired) electrons. The van der Waals surface area contributed by atoms with Gasteiger partial charge in [-0.05, 0) is 37.1 Å². The van der Waals surface area contributed by atoms with E-state index < -0.39 is 6.04 Å². The zero-order valence-electron chi connectivity index (χ0n) is 17.4. The summed E-state index contributed by atoms with van der Waals surface area (Å²) >= 11 is 14.3. The van der Waals surface area contributed by atoms with Crippen molar-refractivity contribution in [3.05, 3.63) is 64.1 Å². The molecule has 1 atom stereocenters. The minimum Gasteiger partial charge on any atom is -0.354 e. The van der Waals surface area contributed by atoms with Crippen molar-refractivity contribution in [2.75, 3.05) is 12.3 Å². The molecule has 2 aromatic rings. The van der Waals surface area contributed by atoms with Crippen LogP contribution in [0.4, 0.5) is 0 Å². The third-order valence-electron chi connectivity index (χ3n) is 4.65. The normalized spacial score (nSPS) is 11.7. The monoisotopic (exact) mass is 466 g/mol. The minimum absolute atomic E-state index is 0.0899. The smallest absolute Gasteiger partial charge is 0.242 e. The fourth-order valence-corrected chi connectivity index (χ4v) is 4.43. The maximum atomic E-state index is 13.2. The van der Waals surface area contributed by atoms with Crippen molar-refractivity contribution < 1.29 is 9.59 Å². The van der Waals surface area contributed by atoms with Crippen LogP contribution in [0.3, 0.4) is 0 Å². The summed E-state index contributed by atoms with van der Waals surface area (Å²) in [5.41, 5.74) is 0.659. The largest absolute Gasteiger partial charge is 0.354 e. The first-order chi connectivity index (χ1) is 14.5. The highest BCUT2D eigenvalue weighted by atomic mass is 35.5. The number of nitrogens with zero attached hydrogens (tertiary/aromatic N) is 1. The third kappa shape index (κ3) is 7.22. The van der Waals surface area contributed by atoms with Crippen LogP contribution in [0.5, 0.6) is 0 Å². The lowest BCUT2D eigenvalue weighted by Gasteiger charge is -2.31. The maximum absolute atomic E-state index is 13.2. The summed E-state index contributed by atoms with van der Waals surface area (Å²) in [7, 11) is 0. The summed E-state index contributed by atoms with van der Waals surface area (Å²) in [5, 5.41) is 3.89. The molecule has 0 saturated heterocycles. The van der Waals surface area contributed by atoms with Gasteiger partial charge < -0.3 is 10.2 Å². The predicted octanol–water partition coefficient (Wildman–Crippen LogP) is 5.81. The molecule has 0 saturated carbocycles. The van der Waals surface area contributed by atoms with Crippen molar-refractivity contribution in [3.8, 4) is 0 Å². The predicted molar refractivity (Wildman–Crippen MR) is 126 cm³/mol. The molecule has 0 bridgehead atoms. The van der Waals surface area contributed by atoms with E-state index >= 15 is 0 Å². The lowest BCUT2D eigenvalue weighted by atomic mass is 10.1. The fraction of sp³-hybridized carbons (Fsp3) is 0.391. The Labute approximate surface area is 193 Å². The molecule has 0 aromatic heterocycles. The fourth-order valence-electron chi connectivity index (χ4n) is 3.06. The quantitative estimate of drug-likeness (QED) is 0.425. The molecule has 1 unspecified atom stereocenters. The van der Waals surface area contributed by atoms with Crippen LogP contribution in [0.25, 0.3) is 0 Å². The van der Waals surface area contributed by atoms with Crippen molar-refractivity contribution in [2.24, 2.45) is 0 Å². The standard InChI is InChI=1S/C23H28Cl2N2O2S/c1-3-14-26-23(29)21(4-2)27(16-18-19(24)11-8-12-20(18)25)22(28)13-15-30-17-9-6-5-7-10-17/h5-12,21H,3-4,13-16H2,1-2H3,(H,26,29). The third-order valence-corrected chi connectivity index (χ3v) is 6.38. The molecule has 0 heterocycles. The second-order valence-electron chi connectivity index (χ2n) is 6.85. The number of rotatable bonds is 11. The zero-order valence-corrected chi connectivity index (χ0v) is 19.7. The Morgan fingerprint density at radius 2 is 1.70 bits per heavy atom. The molecule has 30 heavy (non-hydrogen) atoms. The van der Waals surface area contributed by atoms with Crippen LogP contribution in [0.15, 0.2) is 53.4 Å². The number of carbonyl (C=O) groups is 2. The van der Waals surface area contributed by atoms with E-state index in [2.05, 4.69) is 5.32 Å². The van der Waals surface area contributed by atoms with Gasteiger partial charge >= 0.3 is 0 Å². The first-order valence-electron chi connectivity index (χ1n) is 10.2. The van der Waals surface area contributed by atoms with Gasteiger partial charge in [0.05, 0.1) is 0 Å². The van der Waals surface area contributed by atoms with Crippen LogP contribution in [0.2, 0.25) is 10.0 Å². The van der Waals surface area contributed by atoms with Gasteiger partial charge in [0.15, 0.2) is 0 Å². The summed E-state index contributed by atoms with van der Waals surface area (Å²) in [6.07, 6.45) is 1.66. The van der Waals surface area contributed by atoms with Gasteiger partial charge in [-0.3, -0.25) is 9.59 Å².